The van der Waals surface area contributed by atoms with Crippen LogP contribution in [0.5, 0.6) is 5.75 Å². The molecule has 7 nitrogen and oxygen atoms in total. The number of carboxylic acid groups (broad SMARTS) is 1. The molecule has 0 saturated heterocycles. The third-order valence-corrected chi connectivity index (χ3v) is 5.03. The lowest BCUT2D eigenvalue weighted by molar-refractivity contribution is -0.144. The van der Waals surface area contributed by atoms with Gasteiger partial charge in [-0.05, 0) is 43.9 Å². The summed E-state index contributed by atoms with van der Waals surface area (Å²) in [6, 6.07) is 4.01. The molecule has 1 aromatic heterocycles. The summed E-state index contributed by atoms with van der Waals surface area (Å²) in [6.45, 7) is 8.89. The maximum atomic E-state index is 12.4. The van der Waals surface area contributed by atoms with E-state index in [4.69, 9.17) is 9.15 Å². The predicted octanol–water partition coefficient (Wildman–Crippen LogP) is 3.05. The summed E-state index contributed by atoms with van der Waals surface area (Å²) in [4.78, 5) is 35.7. The van der Waals surface area contributed by atoms with Crippen LogP contribution in [0.3, 0.4) is 0 Å². The topological polar surface area (TPSA) is 106 Å². The van der Waals surface area contributed by atoms with Gasteiger partial charge >= 0.3 is 11.6 Å². The van der Waals surface area contributed by atoms with E-state index < -0.39 is 29.6 Å². The number of aliphatic carboxylic acids is 1. The van der Waals surface area contributed by atoms with Gasteiger partial charge in [0.25, 0.3) is 5.91 Å². The largest absolute Gasteiger partial charge is 0.480 e. The molecule has 152 valence electrons. The van der Waals surface area contributed by atoms with Gasteiger partial charge in [-0.15, -0.1) is 0 Å². The summed E-state index contributed by atoms with van der Waals surface area (Å²) in [7, 11) is 0. The Morgan fingerprint density at radius 3 is 2.50 bits per heavy atom. The van der Waals surface area contributed by atoms with Gasteiger partial charge in [-0.1, -0.05) is 27.2 Å². The Kier molecular flexibility index (Phi) is 6.83. The summed E-state index contributed by atoms with van der Waals surface area (Å²) in [6.07, 6.45) is 0.394. The SMILES string of the molecule is CCc1cc(=O)oc2c(C)c(OC(C)C(=O)N[C@H](C(=O)O)[C@H](C)CC)ccc12. The van der Waals surface area contributed by atoms with Gasteiger partial charge in [0.15, 0.2) is 6.10 Å². The molecule has 0 spiro atoms. The van der Waals surface area contributed by atoms with Crippen LogP contribution in [0.15, 0.2) is 27.4 Å². The first-order valence-electron chi connectivity index (χ1n) is 9.45. The molecule has 3 atom stereocenters. The minimum atomic E-state index is -1.08. The number of carbonyl (C=O) groups excluding carboxylic acids is 1. The monoisotopic (exact) mass is 389 g/mol. The van der Waals surface area contributed by atoms with Crippen LogP contribution in [-0.2, 0) is 16.0 Å². The molecule has 0 saturated carbocycles. The Balaban J connectivity index is 2.26. The van der Waals surface area contributed by atoms with Crippen molar-refractivity contribution in [3.8, 4) is 5.75 Å². The zero-order valence-electron chi connectivity index (χ0n) is 16.9. The van der Waals surface area contributed by atoms with Gasteiger partial charge in [0.1, 0.15) is 17.4 Å². The third-order valence-electron chi connectivity index (χ3n) is 5.03. The van der Waals surface area contributed by atoms with Crippen molar-refractivity contribution in [2.75, 3.05) is 0 Å². The van der Waals surface area contributed by atoms with Crippen molar-refractivity contribution in [2.24, 2.45) is 5.92 Å². The number of amides is 1. The highest BCUT2D eigenvalue weighted by Gasteiger charge is 2.28. The average molecular weight is 389 g/mol. The molecule has 7 heteroatoms. The summed E-state index contributed by atoms with van der Waals surface area (Å²) < 4.78 is 11.1. The Bertz CT molecular complexity index is 932. The Hall–Kier alpha value is -2.83. The van der Waals surface area contributed by atoms with Crippen LogP contribution in [0.1, 0.15) is 45.2 Å². The second-order valence-corrected chi connectivity index (χ2v) is 6.98. The Morgan fingerprint density at radius 1 is 1.25 bits per heavy atom. The second kappa shape index (κ2) is 8.91. The number of ether oxygens (including phenoxy) is 1. The van der Waals surface area contributed by atoms with Gasteiger partial charge in [0, 0.05) is 17.0 Å². The van der Waals surface area contributed by atoms with E-state index in [1.165, 1.54) is 6.07 Å². The van der Waals surface area contributed by atoms with Gasteiger partial charge in [-0.3, -0.25) is 4.79 Å². The molecule has 1 heterocycles. The fourth-order valence-corrected chi connectivity index (χ4v) is 3.03. The number of rotatable bonds is 8. The maximum Gasteiger partial charge on any atom is 0.336 e. The molecule has 0 aliphatic rings. The van der Waals surface area contributed by atoms with E-state index in [0.717, 1.165) is 10.9 Å². The standard InChI is InChI=1S/C21H27NO6/c1-6-11(3)18(21(25)26)22-20(24)13(5)27-16-9-8-15-14(7-2)10-17(23)28-19(15)12(16)4/h8-11,13,18H,6-7H2,1-5H3,(H,22,24)(H,25,26)/t11-,13?,18+/m1/s1. The Labute approximate surface area is 163 Å². The maximum absolute atomic E-state index is 12.4. The summed E-state index contributed by atoms with van der Waals surface area (Å²) in [5, 5.41) is 12.7. The molecule has 0 bridgehead atoms. The Morgan fingerprint density at radius 2 is 1.93 bits per heavy atom. The van der Waals surface area contributed by atoms with E-state index in [2.05, 4.69) is 5.32 Å². The van der Waals surface area contributed by atoms with E-state index in [-0.39, 0.29) is 5.92 Å². The molecule has 1 unspecified atom stereocenters. The molecular weight excluding hydrogens is 362 g/mol. The van der Waals surface area contributed by atoms with Crippen molar-refractivity contribution in [2.45, 2.75) is 59.6 Å². The number of aryl methyl sites for hydroxylation is 2. The lowest BCUT2D eigenvalue weighted by atomic mass is 9.99. The summed E-state index contributed by atoms with van der Waals surface area (Å²) >= 11 is 0. The van der Waals surface area contributed by atoms with Crippen LogP contribution in [0.4, 0.5) is 0 Å². The lowest BCUT2D eigenvalue weighted by Crippen LogP contribution is -2.49. The van der Waals surface area contributed by atoms with Gasteiger partial charge in [0.2, 0.25) is 0 Å². The molecule has 1 amide bonds. The van der Waals surface area contributed by atoms with Crippen molar-refractivity contribution < 1.29 is 23.8 Å². The first-order valence-corrected chi connectivity index (χ1v) is 9.45. The highest BCUT2D eigenvalue weighted by atomic mass is 16.5. The number of nitrogens with one attached hydrogen (secondary N) is 1. The first-order chi connectivity index (χ1) is 13.2. The fraction of sp³-hybridized carbons (Fsp3) is 0.476. The van der Waals surface area contributed by atoms with Crippen LogP contribution in [0, 0.1) is 12.8 Å². The van der Waals surface area contributed by atoms with Crippen molar-refractivity contribution in [3.63, 3.8) is 0 Å². The second-order valence-electron chi connectivity index (χ2n) is 6.98. The number of carboxylic acids is 1. The zero-order valence-corrected chi connectivity index (χ0v) is 16.9. The van der Waals surface area contributed by atoms with Gasteiger partial charge in [-0.2, -0.15) is 0 Å². The molecule has 2 aromatic rings. The number of hydrogen-bond donors (Lipinski definition) is 2. The number of hydrogen-bond acceptors (Lipinski definition) is 5. The third kappa shape index (κ3) is 4.52. The van der Waals surface area contributed by atoms with E-state index in [1.807, 2.05) is 13.8 Å². The zero-order chi connectivity index (χ0) is 21.0. The quantitative estimate of drug-likeness (QED) is 0.672. The van der Waals surface area contributed by atoms with Gasteiger partial charge < -0.3 is 19.6 Å². The van der Waals surface area contributed by atoms with Crippen molar-refractivity contribution in [3.05, 3.63) is 39.7 Å². The molecule has 0 radical (unpaired) electrons. The molecule has 1 aromatic carbocycles. The van der Waals surface area contributed by atoms with Gasteiger partial charge in [0.05, 0.1) is 0 Å². The molecule has 2 N–H and O–H groups in total. The van der Waals surface area contributed by atoms with Gasteiger partial charge in [-0.25, -0.2) is 9.59 Å². The van der Waals surface area contributed by atoms with Crippen molar-refractivity contribution in [1.82, 2.24) is 5.32 Å². The predicted molar refractivity (Wildman–Crippen MR) is 106 cm³/mol. The molecule has 0 aliphatic carbocycles. The van der Waals surface area contributed by atoms with Crippen LogP contribution < -0.4 is 15.7 Å². The number of fused-ring (bicyclic) bond motifs is 1. The van der Waals surface area contributed by atoms with Crippen LogP contribution in [-0.4, -0.2) is 29.1 Å². The van der Waals surface area contributed by atoms with Crippen molar-refractivity contribution >= 4 is 22.8 Å². The van der Waals surface area contributed by atoms with E-state index in [9.17, 15) is 19.5 Å². The molecule has 0 fully saturated rings. The first kappa shape index (κ1) is 21.5. The van der Waals surface area contributed by atoms with Crippen LogP contribution >= 0.6 is 0 Å². The summed E-state index contributed by atoms with van der Waals surface area (Å²) in [5.41, 5.74) is 1.48. The average Bonchev–Trinajstić information content (AvgIpc) is 2.66. The summed E-state index contributed by atoms with van der Waals surface area (Å²) in [5.74, 6) is -1.40. The van der Waals surface area contributed by atoms with E-state index in [0.29, 0.717) is 29.7 Å². The number of benzene rings is 1. The fourth-order valence-electron chi connectivity index (χ4n) is 3.03. The van der Waals surface area contributed by atoms with E-state index >= 15 is 0 Å². The molecule has 28 heavy (non-hydrogen) atoms. The van der Waals surface area contributed by atoms with Crippen molar-refractivity contribution in [1.29, 1.82) is 0 Å². The van der Waals surface area contributed by atoms with E-state index in [1.54, 1.807) is 32.9 Å². The minimum absolute atomic E-state index is 0.210. The minimum Gasteiger partial charge on any atom is -0.480 e. The smallest absolute Gasteiger partial charge is 0.336 e. The lowest BCUT2D eigenvalue weighted by Gasteiger charge is -2.23. The molecular formula is C21H27NO6. The normalized spacial score (nSPS) is 14.3. The van der Waals surface area contributed by atoms with Crippen LogP contribution in [0.2, 0.25) is 0 Å². The molecule has 2 rings (SSSR count). The highest BCUT2D eigenvalue weighted by Crippen LogP contribution is 2.29. The molecule has 0 aliphatic heterocycles. The highest BCUT2D eigenvalue weighted by molar-refractivity contribution is 5.87. The number of carbonyl (C=O) groups is 2. The van der Waals surface area contributed by atoms with Crippen LogP contribution in [0.25, 0.3) is 11.0 Å².